The standard InChI is InChI=1S/C5H13NO6S2/c1-11-5(12-2)6(13(3,7)8)14(4,9)10/h5H,1-4H3. The van der Waals surface area contributed by atoms with E-state index in [0.717, 1.165) is 26.7 Å². The average Bonchev–Trinajstić information content (AvgIpc) is 1.94. The maximum atomic E-state index is 11.1. The molecular formula is C5H13NO6S2. The predicted molar refractivity (Wildman–Crippen MR) is 49.3 cm³/mol. The van der Waals surface area contributed by atoms with Gasteiger partial charge in [0, 0.05) is 14.2 Å². The van der Waals surface area contributed by atoms with Gasteiger partial charge in [0.2, 0.25) is 26.5 Å². The molecule has 0 aliphatic heterocycles. The fourth-order valence-corrected chi connectivity index (χ4v) is 3.76. The first-order chi connectivity index (χ1) is 6.14. The summed E-state index contributed by atoms with van der Waals surface area (Å²) in [6.07, 6.45) is 0.0260. The van der Waals surface area contributed by atoms with Crippen molar-refractivity contribution in [3.8, 4) is 0 Å². The lowest BCUT2D eigenvalue weighted by molar-refractivity contribution is -0.141. The fourth-order valence-electron chi connectivity index (χ4n) is 0.827. The van der Waals surface area contributed by atoms with E-state index in [1.165, 1.54) is 0 Å². The molecule has 0 atom stereocenters. The monoisotopic (exact) mass is 247 g/mol. The molecule has 86 valence electrons. The van der Waals surface area contributed by atoms with E-state index in [0.29, 0.717) is 0 Å². The molecule has 0 aliphatic rings. The minimum Gasteiger partial charge on any atom is -0.342 e. The minimum atomic E-state index is -3.95. The van der Waals surface area contributed by atoms with E-state index >= 15 is 0 Å². The van der Waals surface area contributed by atoms with Gasteiger partial charge in [0.1, 0.15) is 0 Å². The van der Waals surface area contributed by atoms with Crippen LogP contribution in [0.15, 0.2) is 0 Å². The van der Waals surface area contributed by atoms with Gasteiger partial charge in [-0.1, -0.05) is 0 Å². The zero-order valence-corrected chi connectivity index (χ0v) is 9.92. The molecule has 9 heteroatoms. The second-order valence-electron chi connectivity index (χ2n) is 2.53. The second kappa shape index (κ2) is 4.53. The van der Waals surface area contributed by atoms with E-state index in [9.17, 15) is 16.8 Å². The smallest absolute Gasteiger partial charge is 0.245 e. The van der Waals surface area contributed by atoms with Crippen molar-refractivity contribution in [1.82, 2.24) is 3.71 Å². The lowest BCUT2D eigenvalue weighted by Gasteiger charge is -2.24. The minimum absolute atomic E-state index is 0.153. The molecule has 14 heavy (non-hydrogen) atoms. The zero-order valence-electron chi connectivity index (χ0n) is 8.29. The fraction of sp³-hybridized carbons (Fsp3) is 1.00. The van der Waals surface area contributed by atoms with Crippen molar-refractivity contribution in [2.45, 2.75) is 6.41 Å². The summed E-state index contributed by atoms with van der Waals surface area (Å²) in [5, 5.41) is 0. The quantitative estimate of drug-likeness (QED) is 0.566. The maximum absolute atomic E-state index is 11.1. The van der Waals surface area contributed by atoms with Crippen molar-refractivity contribution < 1.29 is 26.3 Å². The van der Waals surface area contributed by atoms with Gasteiger partial charge in [-0.3, -0.25) is 0 Å². The van der Waals surface area contributed by atoms with Crippen LogP contribution in [0.5, 0.6) is 0 Å². The van der Waals surface area contributed by atoms with Crippen LogP contribution in [0, 0.1) is 0 Å². The SMILES string of the molecule is COC(OC)N(S(C)(=O)=O)S(C)(=O)=O. The van der Waals surface area contributed by atoms with Gasteiger partial charge in [0.25, 0.3) is 0 Å². The molecule has 0 rings (SSSR count). The Bertz CT molecular complexity index is 335. The second-order valence-corrected chi connectivity index (χ2v) is 6.48. The molecule has 0 aromatic carbocycles. The number of rotatable bonds is 5. The van der Waals surface area contributed by atoms with Crippen LogP contribution >= 0.6 is 0 Å². The van der Waals surface area contributed by atoms with Crippen LogP contribution in [-0.2, 0) is 29.5 Å². The van der Waals surface area contributed by atoms with Crippen molar-refractivity contribution >= 4 is 20.0 Å². The van der Waals surface area contributed by atoms with Gasteiger partial charge < -0.3 is 9.47 Å². The molecule has 0 fully saturated rings. The highest BCUT2D eigenvalue weighted by molar-refractivity contribution is 8.03. The molecule has 0 heterocycles. The highest BCUT2D eigenvalue weighted by Gasteiger charge is 2.35. The number of hydrogen-bond acceptors (Lipinski definition) is 6. The molecule has 0 bridgehead atoms. The maximum Gasteiger partial charge on any atom is 0.245 e. The number of nitrogens with zero attached hydrogens (tertiary/aromatic N) is 1. The third kappa shape index (κ3) is 3.50. The van der Waals surface area contributed by atoms with E-state index in [-0.39, 0.29) is 3.71 Å². The summed E-state index contributed by atoms with van der Waals surface area (Å²) in [6.45, 7) is 0. The van der Waals surface area contributed by atoms with Crippen molar-refractivity contribution in [3.63, 3.8) is 0 Å². The first kappa shape index (κ1) is 13.8. The van der Waals surface area contributed by atoms with Gasteiger partial charge >= 0.3 is 0 Å². The molecule has 0 aromatic heterocycles. The van der Waals surface area contributed by atoms with E-state index in [1.54, 1.807) is 0 Å². The van der Waals surface area contributed by atoms with Crippen LogP contribution in [0.25, 0.3) is 0 Å². The summed E-state index contributed by atoms with van der Waals surface area (Å²) in [4.78, 5) is 0. The molecule has 0 saturated carbocycles. The molecule has 0 aliphatic carbocycles. The Kier molecular flexibility index (Phi) is 4.46. The Morgan fingerprint density at radius 1 is 0.929 bits per heavy atom. The first-order valence-electron chi connectivity index (χ1n) is 3.39. The van der Waals surface area contributed by atoms with Crippen molar-refractivity contribution in [2.75, 3.05) is 26.7 Å². The lowest BCUT2D eigenvalue weighted by Crippen LogP contribution is -2.45. The predicted octanol–water partition coefficient (Wildman–Crippen LogP) is -1.22. The van der Waals surface area contributed by atoms with Gasteiger partial charge in [-0.05, 0) is 3.71 Å². The topological polar surface area (TPSA) is 90.0 Å². The van der Waals surface area contributed by atoms with Gasteiger partial charge in [-0.15, -0.1) is 0 Å². The average molecular weight is 247 g/mol. The van der Waals surface area contributed by atoms with Crippen LogP contribution in [-0.4, -0.2) is 53.7 Å². The third-order valence-corrected chi connectivity index (χ3v) is 4.51. The normalized spacial score (nSPS) is 13.9. The summed E-state index contributed by atoms with van der Waals surface area (Å²) < 4.78 is 53.8. The lowest BCUT2D eigenvalue weighted by atomic mass is 11.1. The number of sulfonamides is 2. The Morgan fingerprint density at radius 3 is 1.29 bits per heavy atom. The summed E-state index contributed by atoms with van der Waals surface area (Å²) in [5.41, 5.74) is 0. The van der Waals surface area contributed by atoms with Crippen LogP contribution in [0.4, 0.5) is 0 Å². The van der Waals surface area contributed by atoms with Gasteiger partial charge in [0.15, 0.2) is 0 Å². The van der Waals surface area contributed by atoms with Gasteiger partial charge in [0.05, 0.1) is 12.5 Å². The molecule has 0 radical (unpaired) electrons. The molecule has 0 saturated heterocycles. The van der Waals surface area contributed by atoms with Gasteiger partial charge in [-0.25, -0.2) is 16.8 Å². The van der Waals surface area contributed by atoms with E-state index in [2.05, 4.69) is 9.47 Å². The van der Waals surface area contributed by atoms with Crippen LogP contribution < -0.4 is 0 Å². The van der Waals surface area contributed by atoms with Crippen molar-refractivity contribution in [1.29, 1.82) is 0 Å². The summed E-state index contributed by atoms with van der Waals surface area (Å²) in [7, 11) is -5.63. The molecule has 0 spiro atoms. The van der Waals surface area contributed by atoms with Gasteiger partial charge in [-0.2, -0.15) is 0 Å². The Hall–Kier alpha value is -0.220. The van der Waals surface area contributed by atoms with E-state index < -0.39 is 26.5 Å². The molecule has 0 aromatic rings. The highest BCUT2D eigenvalue weighted by Crippen LogP contribution is 2.12. The first-order valence-corrected chi connectivity index (χ1v) is 7.09. The van der Waals surface area contributed by atoms with Crippen LogP contribution in [0.3, 0.4) is 0 Å². The highest BCUT2D eigenvalue weighted by atomic mass is 32.3. The van der Waals surface area contributed by atoms with E-state index in [1.807, 2.05) is 0 Å². The van der Waals surface area contributed by atoms with Crippen LogP contribution in [0.2, 0.25) is 0 Å². The summed E-state index contributed by atoms with van der Waals surface area (Å²) in [6, 6.07) is 0. The van der Waals surface area contributed by atoms with Crippen LogP contribution in [0.1, 0.15) is 0 Å². The Morgan fingerprint density at radius 2 is 1.21 bits per heavy atom. The molecule has 7 nitrogen and oxygen atoms in total. The zero-order chi connectivity index (χ0) is 11.6. The molecule has 0 amide bonds. The number of methoxy groups -OCH3 is 2. The summed E-state index contributed by atoms with van der Waals surface area (Å²) >= 11 is 0. The Balaban J connectivity index is 5.35. The van der Waals surface area contributed by atoms with Crippen molar-refractivity contribution in [3.05, 3.63) is 0 Å². The van der Waals surface area contributed by atoms with Crippen molar-refractivity contribution in [2.24, 2.45) is 0 Å². The molecule has 0 N–H and O–H groups in total. The number of ether oxygens (including phenoxy) is 2. The molecule has 0 unspecified atom stereocenters. The number of hydrogen-bond donors (Lipinski definition) is 0. The Labute approximate surface area is 83.7 Å². The molecular weight excluding hydrogens is 234 g/mol. The summed E-state index contributed by atoms with van der Waals surface area (Å²) in [5.74, 6) is 0. The third-order valence-electron chi connectivity index (χ3n) is 1.23. The van der Waals surface area contributed by atoms with E-state index in [4.69, 9.17) is 0 Å². The largest absolute Gasteiger partial charge is 0.342 e.